The molecule has 0 saturated carbocycles. The van der Waals surface area contributed by atoms with E-state index in [9.17, 15) is 26.4 Å². The summed E-state index contributed by atoms with van der Waals surface area (Å²) in [6.07, 6.45) is 4.49. The third-order valence-electron chi connectivity index (χ3n) is 7.01. The zero-order valence-corrected chi connectivity index (χ0v) is 22.3. The Bertz CT molecular complexity index is 1510. The third kappa shape index (κ3) is 5.04. The van der Waals surface area contributed by atoms with Gasteiger partial charge in [0.05, 0.1) is 42.5 Å². The number of halogens is 3. The molecular weight excluding hydrogens is 537 g/mol. The Morgan fingerprint density at radius 1 is 1.21 bits per heavy atom. The number of aryl methyl sites for hydroxylation is 1. The van der Waals surface area contributed by atoms with E-state index in [1.165, 1.54) is 26.7 Å². The summed E-state index contributed by atoms with van der Waals surface area (Å²) in [5, 5.41) is 9.64. The molecule has 3 aliphatic rings. The first kappa shape index (κ1) is 26.9. The molecule has 5 rings (SSSR count). The molecule has 2 amide bonds. The molecule has 0 radical (unpaired) electrons. The zero-order valence-electron chi connectivity index (χ0n) is 21.5. The summed E-state index contributed by atoms with van der Waals surface area (Å²) < 4.78 is 74.2. The average molecular weight is 565 g/mol. The van der Waals surface area contributed by atoms with Gasteiger partial charge in [0.1, 0.15) is 22.7 Å². The molecule has 10 nitrogen and oxygen atoms in total. The van der Waals surface area contributed by atoms with E-state index in [2.05, 4.69) is 15.2 Å². The Morgan fingerprint density at radius 2 is 1.95 bits per heavy atom. The summed E-state index contributed by atoms with van der Waals surface area (Å²) in [5.41, 5.74) is 0.660. The molecule has 2 aliphatic heterocycles. The number of amides is 2. The van der Waals surface area contributed by atoms with Gasteiger partial charge >= 0.3 is 6.03 Å². The number of pyridine rings is 1. The van der Waals surface area contributed by atoms with Crippen LogP contribution in [0.25, 0.3) is 5.82 Å². The zero-order chi connectivity index (χ0) is 28.1. The lowest BCUT2D eigenvalue weighted by molar-refractivity contribution is 0.0234. The highest BCUT2D eigenvalue weighted by molar-refractivity contribution is 7.91. The van der Waals surface area contributed by atoms with Crippen LogP contribution in [0.1, 0.15) is 31.2 Å². The van der Waals surface area contributed by atoms with E-state index < -0.39 is 51.4 Å². The number of urea groups is 1. The van der Waals surface area contributed by atoms with Gasteiger partial charge in [-0.15, -0.1) is 0 Å². The van der Waals surface area contributed by atoms with Gasteiger partial charge in [0.2, 0.25) is 0 Å². The number of hydrazone groups is 1. The molecule has 208 valence electrons. The first-order valence-corrected chi connectivity index (χ1v) is 14.1. The second-order valence-corrected chi connectivity index (χ2v) is 11.9. The van der Waals surface area contributed by atoms with Crippen molar-refractivity contribution in [3.63, 3.8) is 0 Å². The first-order valence-electron chi connectivity index (χ1n) is 12.4. The molecule has 39 heavy (non-hydrogen) atoms. The fourth-order valence-corrected chi connectivity index (χ4v) is 6.34. The number of allylic oxidation sites excluding steroid dienone is 3. The molecule has 1 fully saturated rings. The molecule has 1 aliphatic carbocycles. The Kier molecular flexibility index (Phi) is 6.99. The Hall–Kier alpha value is -3.68. The minimum Gasteiger partial charge on any atom is -0.483 e. The van der Waals surface area contributed by atoms with Crippen LogP contribution in [0.3, 0.4) is 0 Å². The fraction of sp³-hybridized carbons (Fsp3) is 0.440. The lowest BCUT2D eigenvalue weighted by atomic mass is 9.90. The number of ether oxygens (including phenoxy) is 1. The maximum Gasteiger partial charge on any atom is 0.340 e. The van der Waals surface area contributed by atoms with Crippen LogP contribution in [0.2, 0.25) is 0 Å². The smallest absolute Gasteiger partial charge is 0.340 e. The van der Waals surface area contributed by atoms with E-state index in [1.807, 2.05) is 0 Å². The van der Waals surface area contributed by atoms with Crippen molar-refractivity contribution in [1.29, 1.82) is 0 Å². The molecule has 2 aromatic heterocycles. The summed E-state index contributed by atoms with van der Waals surface area (Å²) in [6, 6.07) is 0.389. The number of carbonyl (C=O) groups excluding carboxylic acids is 1. The lowest BCUT2D eigenvalue weighted by Crippen LogP contribution is -2.60. The van der Waals surface area contributed by atoms with E-state index in [1.54, 1.807) is 27.0 Å². The van der Waals surface area contributed by atoms with Gasteiger partial charge in [-0.05, 0) is 19.9 Å². The van der Waals surface area contributed by atoms with Crippen molar-refractivity contribution in [3.05, 3.63) is 53.3 Å². The first-order chi connectivity index (χ1) is 18.5. The van der Waals surface area contributed by atoms with Crippen LogP contribution < -0.4 is 4.74 Å². The molecule has 2 atom stereocenters. The fourth-order valence-electron chi connectivity index (χ4n) is 5.02. The number of sulfone groups is 1. The van der Waals surface area contributed by atoms with Crippen LogP contribution in [-0.2, 0) is 9.84 Å². The van der Waals surface area contributed by atoms with Crippen LogP contribution in [0.4, 0.5) is 18.0 Å². The number of nitrogens with zero attached hydrogens (tertiary/aromatic N) is 6. The van der Waals surface area contributed by atoms with Gasteiger partial charge in [-0.2, -0.15) is 10.2 Å². The Labute approximate surface area is 223 Å². The second kappa shape index (κ2) is 10.1. The standard InChI is InChI=1S/C25H27F3N6O4S/c1-4-39(36,37)24-14(2)31-33(15(24)3)23-10-22(20(28)11-29-23)38-19-12-32(13-19)25(35)34-21(5-6-30-34)16-7-17(26)9-18(27)8-16/h6-7,9-11,16,19,21H,4-5,8,12-13H2,1-3H3/t16?,21-/m0/s1. The summed E-state index contributed by atoms with van der Waals surface area (Å²) in [6.45, 7) is 5.02. The number of carbonyl (C=O) groups is 1. The van der Waals surface area contributed by atoms with E-state index in [0.29, 0.717) is 17.8 Å². The van der Waals surface area contributed by atoms with Gasteiger partial charge < -0.3 is 9.64 Å². The summed E-state index contributed by atoms with van der Waals surface area (Å²) in [5.74, 6) is -2.55. The van der Waals surface area contributed by atoms with Crippen LogP contribution in [0.15, 0.2) is 46.1 Å². The van der Waals surface area contributed by atoms with Crippen molar-refractivity contribution in [3.8, 4) is 11.6 Å². The quantitative estimate of drug-likeness (QED) is 0.528. The normalized spacial score (nSPS) is 21.6. The monoisotopic (exact) mass is 564 g/mol. The van der Waals surface area contributed by atoms with Gasteiger partial charge in [-0.1, -0.05) is 6.92 Å². The number of hydrogen-bond donors (Lipinski definition) is 0. The Morgan fingerprint density at radius 3 is 2.64 bits per heavy atom. The molecule has 0 spiro atoms. The molecule has 0 N–H and O–H groups in total. The average Bonchev–Trinajstić information content (AvgIpc) is 3.46. The highest BCUT2D eigenvalue weighted by Gasteiger charge is 2.41. The topological polar surface area (TPSA) is 110 Å². The maximum atomic E-state index is 14.6. The van der Waals surface area contributed by atoms with Crippen molar-refractivity contribution < 1.29 is 31.1 Å². The maximum absolute atomic E-state index is 14.6. The van der Waals surface area contributed by atoms with Crippen molar-refractivity contribution in [2.75, 3.05) is 18.8 Å². The number of hydrogen-bond acceptors (Lipinski definition) is 7. The highest BCUT2D eigenvalue weighted by Crippen LogP contribution is 2.33. The van der Waals surface area contributed by atoms with E-state index in [4.69, 9.17) is 4.74 Å². The number of likely N-dealkylation sites (tertiary alicyclic amines) is 1. The molecule has 0 bridgehead atoms. The molecule has 4 heterocycles. The van der Waals surface area contributed by atoms with Crippen molar-refractivity contribution in [2.24, 2.45) is 11.0 Å². The third-order valence-corrected chi connectivity index (χ3v) is 8.98. The summed E-state index contributed by atoms with van der Waals surface area (Å²) >= 11 is 0. The van der Waals surface area contributed by atoms with E-state index >= 15 is 0 Å². The van der Waals surface area contributed by atoms with Gasteiger partial charge in [-0.3, -0.25) is 0 Å². The highest BCUT2D eigenvalue weighted by atomic mass is 32.2. The molecular formula is C25H27F3N6O4S. The molecule has 1 saturated heterocycles. The predicted molar refractivity (Wildman–Crippen MR) is 135 cm³/mol. The number of rotatable bonds is 6. The minimum absolute atomic E-state index is 0.0122. The van der Waals surface area contributed by atoms with Gasteiger partial charge in [0.15, 0.2) is 27.2 Å². The van der Waals surface area contributed by atoms with Crippen LogP contribution in [-0.4, -0.2) is 76.3 Å². The molecule has 2 aromatic rings. The minimum atomic E-state index is -3.53. The molecule has 14 heteroatoms. The van der Waals surface area contributed by atoms with Crippen LogP contribution >= 0.6 is 0 Å². The van der Waals surface area contributed by atoms with Crippen LogP contribution in [0.5, 0.6) is 5.75 Å². The van der Waals surface area contributed by atoms with Crippen LogP contribution in [0, 0.1) is 25.6 Å². The largest absolute Gasteiger partial charge is 0.483 e. The molecule has 0 aromatic carbocycles. The van der Waals surface area contributed by atoms with Gasteiger partial charge in [0.25, 0.3) is 0 Å². The van der Waals surface area contributed by atoms with Crippen molar-refractivity contribution in [2.45, 2.75) is 50.7 Å². The number of aromatic nitrogens is 3. The van der Waals surface area contributed by atoms with Crippen molar-refractivity contribution >= 4 is 22.1 Å². The summed E-state index contributed by atoms with van der Waals surface area (Å²) in [7, 11) is -3.53. The van der Waals surface area contributed by atoms with E-state index in [0.717, 1.165) is 12.3 Å². The van der Waals surface area contributed by atoms with Gasteiger partial charge in [-0.25, -0.2) is 41.1 Å². The second-order valence-electron chi connectivity index (χ2n) is 9.67. The van der Waals surface area contributed by atoms with Crippen molar-refractivity contribution in [1.82, 2.24) is 24.7 Å². The predicted octanol–water partition coefficient (Wildman–Crippen LogP) is 3.79. The SMILES string of the molecule is CCS(=O)(=O)c1c(C)nn(-c2cc(OC3CN(C(=O)N4N=CC[C@H]4C4C=C(F)C=C(F)C4)C3)c(F)cn2)c1C. The Balaban J connectivity index is 1.26. The van der Waals surface area contributed by atoms with E-state index in [-0.39, 0.29) is 41.7 Å². The lowest BCUT2D eigenvalue weighted by Gasteiger charge is -2.41. The molecule has 1 unspecified atom stereocenters. The summed E-state index contributed by atoms with van der Waals surface area (Å²) in [4.78, 5) is 18.7. The van der Waals surface area contributed by atoms with Gasteiger partial charge in [0, 0.05) is 37.1 Å².